The molecule has 0 saturated heterocycles. The van der Waals surface area contributed by atoms with E-state index in [4.69, 9.17) is 9.72 Å². The van der Waals surface area contributed by atoms with E-state index in [1.54, 1.807) is 42.5 Å². The van der Waals surface area contributed by atoms with Gasteiger partial charge in [0.25, 0.3) is 5.56 Å². The van der Waals surface area contributed by atoms with E-state index >= 15 is 0 Å². The van der Waals surface area contributed by atoms with Gasteiger partial charge >= 0.3 is 0 Å². The Morgan fingerprint density at radius 1 is 0.875 bits per heavy atom. The lowest BCUT2D eigenvalue weighted by atomic mass is 10.0. The zero-order valence-corrected chi connectivity index (χ0v) is 17.9. The normalized spacial score (nSPS) is 13.6. The van der Waals surface area contributed by atoms with Gasteiger partial charge in [0.1, 0.15) is 23.0 Å². The van der Waals surface area contributed by atoms with Crippen LogP contribution in [0.1, 0.15) is 43.6 Å². The summed E-state index contributed by atoms with van der Waals surface area (Å²) >= 11 is 0. The summed E-state index contributed by atoms with van der Waals surface area (Å²) in [6.07, 6.45) is 0. The van der Waals surface area contributed by atoms with Gasteiger partial charge in [-0.2, -0.15) is 0 Å². The predicted molar refractivity (Wildman–Crippen MR) is 121 cm³/mol. The van der Waals surface area contributed by atoms with Crippen molar-refractivity contribution in [1.29, 1.82) is 0 Å². The Hall–Kier alpha value is -4.06. The zero-order valence-electron chi connectivity index (χ0n) is 17.9. The molecule has 0 radical (unpaired) electrons. The van der Waals surface area contributed by atoms with Gasteiger partial charge in [-0.3, -0.25) is 19.0 Å². The lowest BCUT2D eigenvalue weighted by Gasteiger charge is -2.19. The fraction of sp³-hybridized carbons (Fsp3) is 0.154. The number of aryl methyl sites for hydroxylation is 2. The first-order valence-electron chi connectivity index (χ1n) is 10.3. The molecule has 5 rings (SSSR count). The number of hydrogen-bond donors (Lipinski definition) is 0. The maximum atomic E-state index is 13.8. The van der Waals surface area contributed by atoms with E-state index in [0.29, 0.717) is 33.5 Å². The molecule has 0 spiro atoms. The van der Waals surface area contributed by atoms with Crippen LogP contribution in [0.5, 0.6) is 5.75 Å². The average molecular weight is 424 g/mol. The summed E-state index contributed by atoms with van der Waals surface area (Å²) in [6.45, 7) is 3.81. The van der Waals surface area contributed by atoms with E-state index in [-0.39, 0.29) is 23.0 Å². The van der Waals surface area contributed by atoms with E-state index in [1.165, 1.54) is 11.7 Å². The van der Waals surface area contributed by atoms with Crippen molar-refractivity contribution in [2.75, 3.05) is 7.11 Å². The SMILES string of the molecule is COc1cccc2c(=O)n(-c3cc(C)ccc3C)c(C3C(=O)c4ccccc4C3=O)nc12. The molecule has 1 aromatic heterocycles. The van der Waals surface area contributed by atoms with Crippen molar-refractivity contribution in [2.45, 2.75) is 19.8 Å². The summed E-state index contributed by atoms with van der Waals surface area (Å²) in [5, 5.41) is 0.351. The predicted octanol–water partition coefficient (Wildman–Crippen LogP) is 4.17. The average Bonchev–Trinajstić information content (AvgIpc) is 3.05. The van der Waals surface area contributed by atoms with Crippen molar-refractivity contribution in [3.05, 3.63) is 99.1 Å². The second-order valence-corrected chi connectivity index (χ2v) is 7.96. The maximum Gasteiger partial charge on any atom is 0.266 e. The summed E-state index contributed by atoms with van der Waals surface area (Å²) in [7, 11) is 1.49. The molecule has 1 heterocycles. The Labute approximate surface area is 184 Å². The molecule has 0 fully saturated rings. The van der Waals surface area contributed by atoms with Crippen molar-refractivity contribution < 1.29 is 14.3 Å². The van der Waals surface area contributed by atoms with Gasteiger partial charge in [0.05, 0.1) is 18.2 Å². The highest BCUT2D eigenvalue weighted by Crippen LogP contribution is 2.35. The Bertz CT molecular complexity index is 1460. The molecular formula is C26H20N2O4. The molecule has 3 aromatic carbocycles. The Balaban J connectivity index is 1.90. The van der Waals surface area contributed by atoms with Gasteiger partial charge in [-0.25, -0.2) is 4.98 Å². The van der Waals surface area contributed by atoms with E-state index < -0.39 is 5.92 Å². The van der Waals surface area contributed by atoms with Gasteiger partial charge in [0.15, 0.2) is 11.6 Å². The summed E-state index contributed by atoms with van der Waals surface area (Å²) in [6, 6.07) is 17.5. The van der Waals surface area contributed by atoms with Crippen LogP contribution in [-0.2, 0) is 0 Å². The first-order valence-corrected chi connectivity index (χ1v) is 10.3. The number of para-hydroxylation sites is 1. The number of rotatable bonds is 3. The highest BCUT2D eigenvalue weighted by molar-refractivity contribution is 6.29. The fourth-order valence-electron chi connectivity index (χ4n) is 4.33. The number of hydrogen-bond acceptors (Lipinski definition) is 5. The number of carbonyl (C=O) groups is 2. The Kier molecular flexibility index (Phi) is 4.51. The van der Waals surface area contributed by atoms with E-state index in [9.17, 15) is 14.4 Å². The van der Waals surface area contributed by atoms with Crippen molar-refractivity contribution >= 4 is 22.5 Å². The van der Waals surface area contributed by atoms with Crippen LogP contribution in [0.3, 0.4) is 0 Å². The fourth-order valence-corrected chi connectivity index (χ4v) is 4.33. The molecule has 158 valence electrons. The number of ketones is 2. The number of benzene rings is 3. The van der Waals surface area contributed by atoms with E-state index in [0.717, 1.165) is 11.1 Å². The van der Waals surface area contributed by atoms with Crippen molar-refractivity contribution in [3.8, 4) is 11.4 Å². The van der Waals surface area contributed by atoms with Gasteiger partial charge in [-0.05, 0) is 43.2 Å². The standard InChI is InChI=1S/C26H20N2O4/c1-14-11-12-15(2)19(13-14)28-25(21-23(29)16-7-4-5-8-17(16)24(21)30)27-22-18(26(28)31)9-6-10-20(22)32-3/h4-13,21H,1-3H3. The third-order valence-electron chi connectivity index (χ3n) is 5.95. The zero-order chi connectivity index (χ0) is 22.6. The minimum absolute atomic E-state index is 0.104. The highest BCUT2D eigenvalue weighted by atomic mass is 16.5. The van der Waals surface area contributed by atoms with Gasteiger partial charge < -0.3 is 4.74 Å². The Morgan fingerprint density at radius 3 is 2.22 bits per heavy atom. The number of nitrogens with zero attached hydrogens (tertiary/aromatic N) is 2. The largest absolute Gasteiger partial charge is 0.494 e. The van der Waals surface area contributed by atoms with Crippen LogP contribution < -0.4 is 10.3 Å². The smallest absolute Gasteiger partial charge is 0.266 e. The topological polar surface area (TPSA) is 78.3 Å². The number of Topliss-reactive ketones (excluding diaryl/α,β-unsaturated/α-hetero) is 2. The molecule has 0 N–H and O–H groups in total. The molecule has 6 heteroatoms. The minimum Gasteiger partial charge on any atom is -0.494 e. The molecule has 4 aromatic rings. The van der Waals surface area contributed by atoms with Crippen molar-refractivity contribution in [3.63, 3.8) is 0 Å². The third-order valence-corrected chi connectivity index (χ3v) is 5.95. The molecule has 0 aliphatic heterocycles. The van der Waals surface area contributed by atoms with Gasteiger partial charge in [0, 0.05) is 11.1 Å². The van der Waals surface area contributed by atoms with Gasteiger partial charge in [-0.1, -0.05) is 42.5 Å². The van der Waals surface area contributed by atoms with Crippen molar-refractivity contribution in [1.82, 2.24) is 9.55 Å². The quantitative estimate of drug-likeness (QED) is 0.461. The molecule has 6 nitrogen and oxygen atoms in total. The number of methoxy groups -OCH3 is 1. The number of ether oxygens (including phenoxy) is 1. The van der Waals surface area contributed by atoms with Crippen molar-refractivity contribution in [2.24, 2.45) is 0 Å². The lowest BCUT2D eigenvalue weighted by molar-refractivity contribution is 0.0884. The Morgan fingerprint density at radius 2 is 1.56 bits per heavy atom. The molecule has 0 unspecified atom stereocenters. The van der Waals surface area contributed by atoms with Crippen LogP contribution in [0.4, 0.5) is 0 Å². The van der Waals surface area contributed by atoms with Crippen LogP contribution in [0.25, 0.3) is 16.6 Å². The van der Waals surface area contributed by atoms with Crippen LogP contribution in [-0.4, -0.2) is 28.2 Å². The monoisotopic (exact) mass is 424 g/mol. The van der Waals surface area contributed by atoms with Crippen LogP contribution >= 0.6 is 0 Å². The summed E-state index contributed by atoms with van der Waals surface area (Å²) in [5.74, 6) is -1.40. The van der Waals surface area contributed by atoms with Crippen LogP contribution in [0.2, 0.25) is 0 Å². The van der Waals surface area contributed by atoms with Crippen LogP contribution in [0, 0.1) is 13.8 Å². The molecule has 32 heavy (non-hydrogen) atoms. The molecule has 0 bridgehead atoms. The highest BCUT2D eigenvalue weighted by Gasteiger charge is 2.42. The third kappa shape index (κ3) is 2.80. The van der Waals surface area contributed by atoms with E-state index in [2.05, 4.69) is 0 Å². The summed E-state index contributed by atoms with van der Waals surface area (Å²) in [4.78, 5) is 45.2. The number of fused-ring (bicyclic) bond motifs is 2. The molecule has 1 aliphatic carbocycles. The molecular weight excluding hydrogens is 404 g/mol. The number of aromatic nitrogens is 2. The number of carbonyl (C=O) groups excluding carboxylic acids is 2. The summed E-state index contributed by atoms with van der Waals surface area (Å²) in [5.41, 5.74) is 3.05. The lowest BCUT2D eigenvalue weighted by Crippen LogP contribution is -2.30. The van der Waals surface area contributed by atoms with Gasteiger partial charge in [-0.15, -0.1) is 0 Å². The molecule has 0 atom stereocenters. The van der Waals surface area contributed by atoms with E-state index in [1.807, 2.05) is 32.0 Å². The minimum atomic E-state index is -1.20. The van der Waals surface area contributed by atoms with Gasteiger partial charge in [0.2, 0.25) is 0 Å². The second-order valence-electron chi connectivity index (χ2n) is 7.96. The molecule has 0 saturated carbocycles. The molecule has 0 amide bonds. The summed E-state index contributed by atoms with van der Waals surface area (Å²) < 4.78 is 6.84. The second kappa shape index (κ2) is 7.27. The maximum absolute atomic E-state index is 13.8. The molecule has 1 aliphatic rings. The first-order chi connectivity index (χ1) is 15.4. The first kappa shape index (κ1) is 19.9. The van der Waals surface area contributed by atoms with Crippen LogP contribution in [0.15, 0.2) is 65.5 Å².